The molecule has 5 atom stereocenters. The summed E-state index contributed by atoms with van der Waals surface area (Å²) in [6, 6.07) is 0. The van der Waals surface area contributed by atoms with Crippen molar-refractivity contribution in [3.63, 3.8) is 0 Å². The second-order valence-electron chi connectivity index (χ2n) is 9.89. The van der Waals surface area contributed by atoms with Crippen molar-refractivity contribution in [2.75, 3.05) is 0 Å². The predicted molar refractivity (Wildman–Crippen MR) is 154 cm³/mol. The van der Waals surface area contributed by atoms with Crippen LogP contribution in [-0.4, -0.2) is 30.5 Å². The van der Waals surface area contributed by atoms with Gasteiger partial charge in [-0.25, -0.2) is 0 Å². The molecule has 5 unspecified atom stereocenters. The van der Waals surface area contributed by atoms with Crippen LogP contribution in [0.4, 0.5) is 0 Å². The topological polar surface area (TPSA) is 37.3 Å². The average Bonchev–Trinajstić information content (AvgIpc) is 3.30. The molecule has 1 N–H and O–H groups in total. The number of alkyl halides is 5. The van der Waals surface area contributed by atoms with Gasteiger partial charge in [0.2, 0.25) is 0 Å². The van der Waals surface area contributed by atoms with Crippen LogP contribution in [0.2, 0.25) is 0 Å². The first-order valence-electron chi connectivity index (χ1n) is 12.8. The second kappa shape index (κ2) is 14.4. The van der Waals surface area contributed by atoms with E-state index >= 15 is 0 Å². The highest BCUT2D eigenvalue weighted by Gasteiger charge is 2.83. The third kappa shape index (κ3) is 6.77. The van der Waals surface area contributed by atoms with Gasteiger partial charge in [-0.2, -0.15) is 0 Å². The van der Waals surface area contributed by atoms with Crippen LogP contribution < -0.4 is 0 Å². The molecule has 0 saturated heterocycles. The standard InChI is InChI=1S/C16H32O2.C10H5Cl7/c1-2-3-4-5-6-7-8-9-10-11-12-13-14-15-16(17)18;11-4-2-1-3-5(4)9(15)7(13)6(12)8(3,14)10(9,16)17/h2-15H2,1H3,(H,17,18);1-5H. The van der Waals surface area contributed by atoms with Gasteiger partial charge in [-0.15, -0.1) is 34.8 Å². The Morgan fingerprint density at radius 2 is 1.20 bits per heavy atom. The van der Waals surface area contributed by atoms with Gasteiger partial charge in [-0.3, -0.25) is 4.79 Å². The lowest BCUT2D eigenvalue weighted by molar-refractivity contribution is -0.137. The zero-order chi connectivity index (χ0) is 26.3. The summed E-state index contributed by atoms with van der Waals surface area (Å²) in [7, 11) is 0. The number of allylic oxidation sites excluding steroid dienone is 4. The van der Waals surface area contributed by atoms with E-state index in [9.17, 15) is 4.79 Å². The minimum absolute atomic E-state index is 0.205. The molecule has 1 fully saturated rings. The Labute approximate surface area is 246 Å². The van der Waals surface area contributed by atoms with Crippen molar-refractivity contribution in [1.29, 1.82) is 0 Å². The molecule has 0 amide bonds. The lowest BCUT2D eigenvalue weighted by atomic mass is 9.84. The Morgan fingerprint density at radius 3 is 1.66 bits per heavy atom. The number of hydrogen-bond acceptors (Lipinski definition) is 1. The largest absolute Gasteiger partial charge is 0.481 e. The van der Waals surface area contributed by atoms with Gasteiger partial charge in [-0.1, -0.05) is 143 Å². The number of fused-ring (bicyclic) bond motifs is 5. The number of carboxylic acid groups (broad SMARTS) is 1. The monoisotopic (exact) mass is 626 g/mol. The number of halogens is 7. The van der Waals surface area contributed by atoms with Gasteiger partial charge in [0.05, 0.1) is 15.4 Å². The highest BCUT2D eigenvalue weighted by Crippen LogP contribution is 2.78. The van der Waals surface area contributed by atoms with Crippen molar-refractivity contribution >= 4 is 87.2 Å². The molecule has 202 valence electrons. The molecule has 2 bridgehead atoms. The van der Waals surface area contributed by atoms with E-state index in [-0.39, 0.29) is 27.3 Å². The fraction of sp³-hybridized carbons (Fsp3) is 0.808. The predicted octanol–water partition coefficient (Wildman–Crippen LogP) is 10.8. The first kappa shape index (κ1) is 32.2. The maximum Gasteiger partial charge on any atom is 0.303 e. The number of rotatable bonds is 14. The van der Waals surface area contributed by atoms with Crippen molar-refractivity contribution in [2.24, 2.45) is 11.8 Å². The molecule has 0 aromatic carbocycles. The number of aliphatic carboxylic acids is 1. The summed E-state index contributed by atoms with van der Waals surface area (Å²) in [4.78, 5) is 7.85. The van der Waals surface area contributed by atoms with Crippen molar-refractivity contribution in [1.82, 2.24) is 0 Å². The van der Waals surface area contributed by atoms with Gasteiger partial charge in [0, 0.05) is 18.3 Å². The fourth-order valence-electron chi connectivity index (χ4n) is 5.38. The van der Waals surface area contributed by atoms with Gasteiger partial charge in [0.1, 0.15) is 9.75 Å². The van der Waals surface area contributed by atoms with E-state index in [0.717, 1.165) is 12.8 Å². The molecule has 0 heterocycles. The lowest BCUT2D eigenvalue weighted by Crippen LogP contribution is -2.45. The minimum atomic E-state index is -1.48. The quantitative estimate of drug-likeness (QED) is 0.118. The molecule has 0 radical (unpaired) electrons. The van der Waals surface area contributed by atoms with E-state index in [4.69, 9.17) is 86.3 Å². The van der Waals surface area contributed by atoms with E-state index in [2.05, 4.69) is 6.92 Å². The Kier molecular flexibility index (Phi) is 13.2. The zero-order valence-corrected chi connectivity index (χ0v) is 25.6. The molecule has 3 aliphatic rings. The third-order valence-electron chi connectivity index (χ3n) is 7.39. The summed E-state index contributed by atoms with van der Waals surface area (Å²) in [5, 5.41) is 8.60. The van der Waals surface area contributed by atoms with E-state index in [1.54, 1.807) is 0 Å². The van der Waals surface area contributed by atoms with Crippen LogP contribution in [0.1, 0.15) is 96.8 Å². The van der Waals surface area contributed by atoms with Gasteiger partial charge in [0.15, 0.2) is 4.33 Å². The van der Waals surface area contributed by atoms with Crippen LogP contribution in [0, 0.1) is 11.8 Å². The van der Waals surface area contributed by atoms with Gasteiger partial charge in [-0.05, 0) is 6.42 Å². The van der Waals surface area contributed by atoms with Crippen molar-refractivity contribution in [2.45, 2.75) is 116 Å². The normalized spacial score (nSPS) is 32.1. The Balaban J connectivity index is 0.000000247. The smallest absolute Gasteiger partial charge is 0.303 e. The average molecular weight is 630 g/mol. The molecule has 3 rings (SSSR count). The first-order chi connectivity index (χ1) is 16.5. The van der Waals surface area contributed by atoms with Gasteiger partial charge in [0.25, 0.3) is 0 Å². The summed E-state index contributed by atoms with van der Waals surface area (Å²) in [6.07, 6.45) is 21.0. The lowest BCUT2D eigenvalue weighted by Gasteiger charge is -2.34. The number of carbonyl (C=O) groups is 1. The molecule has 35 heavy (non-hydrogen) atoms. The van der Waals surface area contributed by atoms with Crippen LogP contribution in [-0.2, 0) is 4.79 Å². The maximum atomic E-state index is 10.3. The molecule has 0 aromatic heterocycles. The summed E-state index contributed by atoms with van der Waals surface area (Å²) in [5.41, 5.74) is 0. The molecular formula is C26H37Cl7O2. The number of hydrogen-bond donors (Lipinski definition) is 1. The molecule has 0 spiro atoms. The fourth-order valence-corrected chi connectivity index (χ4v) is 8.89. The summed E-state index contributed by atoms with van der Waals surface area (Å²) in [5.74, 6) is -1.12. The molecule has 0 aliphatic heterocycles. The van der Waals surface area contributed by atoms with Gasteiger partial charge >= 0.3 is 5.97 Å². The van der Waals surface area contributed by atoms with Crippen molar-refractivity contribution in [3.8, 4) is 0 Å². The zero-order valence-electron chi connectivity index (χ0n) is 20.3. The molecule has 9 heteroatoms. The van der Waals surface area contributed by atoms with E-state index < -0.39 is 20.1 Å². The molecule has 2 nitrogen and oxygen atoms in total. The molecular weight excluding hydrogens is 592 g/mol. The minimum Gasteiger partial charge on any atom is -0.481 e. The second-order valence-corrected chi connectivity index (χ2v) is 13.7. The van der Waals surface area contributed by atoms with Crippen molar-refractivity contribution in [3.05, 3.63) is 22.2 Å². The SMILES string of the molecule is CCCCCCCCCCCCCCCC(=O)O.ClC1=C(Cl)C2(Cl)C3C(Cl)C=CC3C1(Cl)C2(Cl)Cl. The van der Waals surface area contributed by atoms with Crippen LogP contribution >= 0.6 is 81.2 Å². The van der Waals surface area contributed by atoms with Crippen LogP contribution in [0.25, 0.3) is 0 Å². The van der Waals surface area contributed by atoms with Crippen LogP contribution in [0.15, 0.2) is 22.2 Å². The Morgan fingerprint density at radius 1 is 0.771 bits per heavy atom. The summed E-state index contributed by atoms with van der Waals surface area (Å²) >= 11 is 44.5. The molecule has 0 aromatic rings. The van der Waals surface area contributed by atoms with E-state index in [1.165, 1.54) is 70.6 Å². The highest BCUT2D eigenvalue weighted by atomic mass is 35.5. The van der Waals surface area contributed by atoms with Crippen LogP contribution in [0.5, 0.6) is 0 Å². The Bertz CT molecular complexity index is 769. The summed E-state index contributed by atoms with van der Waals surface area (Å²) in [6.45, 7) is 2.26. The maximum absolute atomic E-state index is 10.3. The van der Waals surface area contributed by atoms with E-state index in [0.29, 0.717) is 6.42 Å². The third-order valence-corrected chi connectivity index (χ3v) is 12.1. The molecule has 1 saturated carbocycles. The number of carboxylic acids is 1. The van der Waals surface area contributed by atoms with E-state index in [1.807, 2.05) is 12.2 Å². The van der Waals surface area contributed by atoms with Crippen molar-refractivity contribution < 1.29 is 9.90 Å². The summed E-state index contributed by atoms with van der Waals surface area (Å²) < 4.78 is -1.48. The number of unbranched alkanes of at least 4 members (excludes halogenated alkanes) is 12. The highest BCUT2D eigenvalue weighted by molar-refractivity contribution is 6.66. The van der Waals surface area contributed by atoms with Crippen LogP contribution in [0.3, 0.4) is 0 Å². The first-order valence-corrected chi connectivity index (χ1v) is 15.5. The molecule has 3 aliphatic carbocycles. The Hall–Kier alpha value is 0.980. The van der Waals surface area contributed by atoms with Gasteiger partial charge < -0.3 is 5.11 Å².